The Balaban J connectivity index is 2.15. The summed E-state index contributed by atoms with van der Waals surface area (Å²) >= 11 is 3.11. The maximum absolute atomic E-state index is 13.4. The van der Waals surface area contributed by atoms with Crippen molar-refractivity contribution in [2.24, 2.45) is 0 Å². The van der Waals surface area contributed by atoms with E-state index in [1.807, 2.05) is 12.3 Å². The first-order chi connectivity index (χ1) is 7.66. The van der Waals surface area contributed by atoms with E-state index in [9.17, 15) is 8.78 Å². The van der Waals surface area contributed by atoms with Crippen molar-refractivity contribution in [2.45, 2.75) is 6.54 Å². The quantitative estimate of drug-likeness (QED) is 0.885. The standard InChI is InChI=1S/C11H9BrF2N2/c12-9-3-8(13)4-10(14)11(9)16-6-7-1-2-15-5-7/h1-5,15-16H,6H2. The molecule has 84 valence electrons. The number of hydrogen-bond donors (Lipinski definition) is 2. The zero-order chi connectivity index (χ0) is 11.5. The molecule has 0 amide bonds. The maximum Gasteiger partial charge on any atom is 0.150 e. The minimum atomic E-state index is -0.609. The second kappa shape index (κ2) is 4.65. The molecule has 0 aliphatic heterocycles. The van der Waals surface area contributed by atoms with Gasteiger partial charge < -0.3 is 10.3 Å². The van der Waals surface area contributed by atoms with Gasteiger partial charge in [0.05, 0.1) is 5.69 Å². The van der Waals surface area contributed by atoms with Gasteiger partial charge in [0.2, 0.25) is 0 Å². The third-order valence-corrected chi connectivity index (χ3v) is 2.76. The number of nitrogens with one attached hydrogen (secondary N) is 2. The predicted molar refractivity (Wildman–Crippen MR) is 62.2 cm³/mol. The molecule has 1 heterocycles. The van der Waals surface area contributed by atoms with E-state index in [1.54, 1.807) is 6.20 Å². The monoisotopic (exact) mass is 286 g/mol. The van der Waals surface area contributed by atoms with Crippen molar-refractivity contribution in [3.8, 4) is 0 Å². The molecule has 0 saturated carbocycles. The van der Waals surface area contributed by atoms with Gasteiger partial charge in [0, 0.05) is 29.5 Å². The zero-order valence-corrected chi connectivity index (χ0v) is 9.81. The first kappa shape index (κ1) is 11.1. The fourth-order valence-electron chi connectivity index (χ4n) is 1.37. The lowest BCUT2D eigenvalue weighted by atomic mass is 10.2. The Labute approximate surface area is 99.8 Å². The maximum atomic E-state index is 13.4. The van der Waals surface area contributed by atoms with Crippen molar-refractivity contribution in [3.05, 3.63) is 52.3 Å². The van der Waals surface area contributed by atoms with Crippen molar-refractivity contribution in [1.29, 1.82) is 0 Å². The zero-order valence-electron chi connectivity index (χ0n) is 8.23. The third kappa shape index (κ3) is 2.41. The van der Waals surface area contributed by atoms with Gasteiger partial charge in [-0.1, -0.05) is 0 Å². The first-order valence-electron chi connectivity index (χ1n) is 4.67. The van der Waals surface area contributed by atoms with E-state index in [4.69, 9.17) is 0 Å². The fraction of sp³-hybridized carbons (Fsp3) is 0.0909. The highest BCUT2D eigenvalue weighted by Crippen LogP contribution is 2.27. The molecule has 1 aromatic heterocycles. The van der Waals surface area contributed by atoms with E-state index in [0.717, 1.165) is 11.6 Å². The Morgan fingerprint density at radius 3 is 2.75 bits per heavy atom. The van der Waals surface area contributed by atoms with Crippen molar-refractivity contribution in [3.63, 3.8) is 0 Å². The van der Waals surface area contributed by atoms with Crippen LogP contribution in [0, 0.1) is 11.6 Å². The predicted octanol–water partition coefficient (Wildman–Crippen LogP) is 3.67. The van der Waals surface area contributed by atoms with Crippen LogP contribution in [0.5, 0.6) is 0 Å². The lowest BCUT2D eigenvalue weighted by molar-refractivity contribution is 0.583. The van der Waals surface area contributed by atoms with Gasteiger partial charge in [-0.25, -0.2) is 8.78 Å². The van der Waals surface area contributed by atoms with Crippen LogP contribution < -0.4 is 5.32 Å². The Hall–Kier alpha value is -1.36. The SMILES string of the molecule is Fc1cc(F)c(NCc2cc[nH]c2)c(Br)c1. The molecule has 0 radical (unpaired) electrons. The molecular weight excluding hydrogens is 278 g/mol. The molecule has 1 aromatic carbocycles. The number of halogens is 3. The Kier molecular flexibility index (Phi) is 3.24. The van der Waals surface area contributed by atoms with Gasteiger partial charge in [0.1, 0.15) is 11.6 Å². The number of H-pyrrole nitrogens is 1. The van der Waals surface area contributed by atoms with Crippen molar-refractivity contribution < 1.29 is 8.78 Å². The molecule has 0 bridgehead atoms. The van der Waals surface area contributed by atoms with Gasteiger partial charge in [-0.3, -0.25) is 0 Å². The minimum Gasteiger partial charge on any atom is -0.378 e. The molecule has 16 heavy (non-hydrogen) atoms. The number of aromatic nitrogens is 1. The van der Waals surface area contributed by atoms with Crippen LogP contribution in [0.4, 0.5) is 14.5 Å². The Bertz CT molecular complexity index is 460. The second-order valence-corrected chi connectivity index (χ2v) is 4.17. The summed E-state index contributed by atoms with van der Waals surface area (Å²) in [6.45, 7) is 0.477. The molecule has 0 aliphatic rings. The van der Waals surface area contributed by atoms with Crippen LogP contribution in [-0.4, -0.2) is 4.98 Å². The highest BCUT2D eigenvalue weighted by atomic mass is 79.9. The molecule has 0 fully saturated rings. The molecule has 0 aliphatic carbocycles. The van der Waals surface area contributed by atoms with E-state index in [-0.39, 0.29) is 5.69 Å². The van der Waals surface area contributed by atoms with Crippen LogP contribution in [0.25, 0.3) is 0 Å². The van der Waals surface area contributed by atoms with Gasteiger partial charge in [-0.2, -0.15) is 0 Å². The fourth-order valence-corrected chi connectivity index (χ4v) is 1.92. The summed E-state index contributed by atoms with van der Waals surface area (Å²) < 4.78 is 26.6. The largest absolute Gasteiger partial charge is 0.378 e. The summed E-state index contributed by atoms with van der Waals surface area (Å²) in [6.07, 6.45) is 3.59. The summed E-state index contributed by atoms with van der Waals surface area (Å²) in [4.78, 5) is 2.90. The summed E-state index contributed by atoms with van der Waals surface area (Å²) in [5, 5.41) is 2.90. The summed E-state index contributed by atoms with van der Waals surface area (Å²) in [5.74, 6) is -1.21. The Morgan fingerprint density at radius 1 is 1.31 bits per heavy atom. The molecule has 2 rings (SSSR count). The van der Waals surface area contributed by atoms with Gasteiger partial charge >= 0.3 is 0 Å². The number of hydrogen-bond acceptors (Lipinski definition) is 1. The lowest BCUT2D eigenvalue weighted by Crippen LogP contribution is -2.02. The van der Waals surface area contributed by atoms with Crippen LogP contribution in [0.15, 0.2) is 35.1 Å². The van der Waals surface area contributed by atoms with Crippen molar-refractivity contribution in [1.82, 2.24) is 4.98 Å². The van der Waals surface area contributed by atoms with Gasteiger partial charge in [0.25, 0.3) is 0 Å². The number of aromatic amines is 1. The van der Waals surface area contributed by atoms with E-state index in [0.29, 0.717) is 11.0 Å². The molecule has 2 aromatic rings. The summed E-state index contributed by atoms with van der Waals surface area (Å²) in [5.41, 5.74) is 1.26. The van der Waals surface area contributed by atoms with Gasteiger partial charge in [-0.15, -0.1) is 0 Å². The topological polar surface area (TPSA) is 27.8 Å². The second-order valence-electron chi connectivity index (χ2n) is 3.32. The van der Waals surface area contributed by atoms with Crippen LogP contribution >= 0.6 is 15.9 Å². The molecule has 5 heteroatoms. The smallest absolute Gasteiger partial charge is 0.150 e. The average Bonchev–Trinajstić information content (AvgIpc) is 2.68. The van der Waals surface area contributed by atoms with E-state index in [2.05, 4.69) is 26.2 Å². The van der Waals surface area contributed by atoms with Crippen molar-refractivity contribution in [2.75, 3.05) is 5.32 Å². The van der Waals surface area contributed by atoms with Crippen LogP contribution in [0.3, 0.4) is 0 Å². The third-order valence-electron chi connectivity index (χ3n) is 2.14. The highest BCUT2D eigenvalue weighted by molar-refractivity contribution is 9.10. The molecular formula is C11H9BrF2N2. The van der Waals surface area contributed by atoms with Crippen LogP contribution in [0.2, 0.25) is 0 Å². The van der Waals surface area contributed by atoms with Gasteiger partial charge in [-0.05, 0) is 33.6 Å². The summed E-state index contributed by atoms with van der Waals surface area (Å²) in [7, 11) is 0. The van der Waals surface area contributed by atoms with E-state index >= 15 is 0 Å². The van der Waals surface area contributed by atoms with Crippen LogP contribution in [0.1, 0.15) is 5.56 Å². The number of rotatable bonds is 3. The average molecular weight is 287 g/mol. The molecule has 2 nitrogen and oxygen atoms in total. The minimum absolute atomic E-state index is 0.266. The molecule has 0 spiro atoms. The highest BCUT2D eigenvalue weighted by Gasteiger charge is 2.08. The van der Waals surface area contributed by atoms with E-state index < -0.39 is 11.6 Å². The first-order valence-corrected chi connectivity index (χ1v) is 5.46. The van der Waals surface area contributed by atoms with Crippen LogP contribution in [-0.2, 0) is 6.54 Å². The van der Waals surface area contributed by atoms with Gasteiger partial charge in [0.15, 0.2) is 0 Å². The number of benzene rings is 1. The molecule has 2 N–H and O–H groups in total. The Morgan fingerprint density at radius 2 is 2.12 bits per heavy atom. The lowest BCUT2D eigenvalue weighted by Gasteiger charge is -2.08. The summed E-state index contributed by atoms with van der Waals surface area (Å²) in [6, 6.07) is 3.95. The molecule has 0 saturated heterocycles. The number of anilines is 1. The van der Waals surface area contributed by atoms with E-state index in [1.165, 1.54) is 6.07 Å². The van der Waals surface area contributed by atoms with Crippen molar-refractivity contribution >= 4 is 21.6 Å². The normalized spacial score (nSPS) is 10.4. The molecule has 0 unspecified atom stereocenters. The molecule has 0 atom stereocenters.